The van der Waals surface area contributed by atoms with Gasteiger partial charge in [-0.25, -0.2) is 0 Å². The number of nitrogens with zero attached hydrogens (tertiary/aromatic N) is 2. The predicted octanol–water partition coefficient (Wildman–Crippen LogP) is 3.36. The molecule has 0 spiro atoms. The molecule has 2 N–H and O–H groups in total. The molecule has 0 aliphatic heterocycles. The molecule has 116 valence electrons. The first kappa shape index (κ1) is 15.2. The van der Waals surface area contributed by atoms with Crippen LogP contribution in [0.15, 0.2) is 48.5 Å². The first-order valence-electron chi connectivity index (χ1n) is 7.14. The minimum Gasteiger partial charge on any atom is -0.346 e. The largest absolute Gasteiger partial charge is 0.346 e. The van der Waals surface area contributed by atoms with Crippen molar-refractivity contribution in [1.82, 2.24) is 20.7 Å². The van der Waals surface area contributed by atoms with Crippen molar-refractivity contribution in [1.29, 1.82) is 0 Å². The lowest BCUT2D eigenvalue weighted by molar-refractivity contribution is 0.0945. The van der Waals surface area contributed by atoms with Gasteiger partial charge in [-0.3, -0.25) is 4.79 Å². The van der Waals surface area contributed by atoms with E-state index in [9.17, 15) is 4.79 Å². The fourth-order valence-corrected chi connectivity index (χ4v) is 2.47. The second-order valence-corrected chi connectivity index (χ2v) is 5.54. The molecule has 0 fully saturated rings. The average molecular weight is 327 g/mol. The molecule has 1 heterocycles. The Morgan fingerprint density at radius 3 is 2.57 bits per heavy atom. The Labute approximate surface area is 138 Å². The van der Waals surface area contributed by atoms with Crippen LogP contribution in [0.2, 0.25) is 5.02 Å². The van der Waals surface area contributed by atoms with Crippen LogP contribution in [0.4, 0.5) is 0 Å². The number of H-pyrrole nitrogens is 1. The number of hydrogen-bond donors (Lipinski definition) is 2. The van der Waals surface area contributed by atoms with E-state index in [1.54, 1.807) is 6.92 Å². The number of carbonyl (C=O) groups is 1. The van der Waals surface area contributed by atoms with Crippen molar-refractivity contribution in [3.63, 3.8) is 0 Å². The molecule has 1 amide bonds. The summed E-state index contributed by atoms with van der Waals surface area (Å²) in [6.45, 7) is 2.14. The summed E-state index contributed by atoms with van der Waals surface area (Å²) in [5.74, 6) is -0.248. The van der Waals surface area contributed by atoms with Crippen LogP contribution in [0, 0.1) is 6.92 Å². The molecule has 0 unspecified atom stereocenters. The molecule has 0 aliphatic carbocycles. The maximum atomic E-state index is 12.1. The second-order valence-electron chi connectivity index (χ2n) is 5.10. The number of halogens is 1. The molecule has 3 rings (SSSR count). The standard InChI is InChI=1S/C17H15ClN4O/c1-11-16(21-22-20-11)17(23)19-10-13-4-2-3-5-15(13)12-6-8-14(18)9-7-12/h2-9H,10H2,1H3,(H,19,23)(H,20,21,22). The minimum atomic E-state index is -0.248. The number of aromatic amines is 1. The van der Waals surface area contributed by atoms with E-state index in [0.29, 0.717) is 23.0 Å². The highest BCUT2D eigenvalue weighted by atomic mass is 35.5. The van der Waals surface area contributed by atoms with E-state index in [2.05, 4.69) is 20.7 Å². The number of carbonyl (C=O) groups excluding carboxylic acids is 1. The second kappa shape index (κ2) is 6.62. The van der Waals surface area contributed by atoms with Crippen LogP contribution in [0.5, 0.6) is 0 Å². The Morgan fingerprint density at radius 2 is 1.87 bits per heavy atom. The van der Waals surface area contributed by atoms with Crippen LogP contribution in [0.25, 0.3) is 11.1 Å². The first-order valence-corrected chi connectivity index (χ1v) is 7.52. The number of benzene rings is 2. The van der Waals surface area contributed by atoms with Crippen LogP contribution >= 0.6 is 11.6 Å². The van der Waals surface area contributed by atoms with Gasteiger partial charge in [-0.15, -0.1) is 0 Å². The maximum absolute atomic E-state index is 12.1. The van der Waals surface area contributed by atoms with Gasteiger partial charge in [-0.05, 0) is 35.7 Å². The number of rotatable bonds is 4. The number of aromatic nitrogens is 3. The number of amides is 1. The molecule has 6 heteroatoms. The van der Waals surface area contributed by atoms with E-state index in [1.807, 2.05) is 48.5 Å². The summed E-state index contributed by atoms with van der Waals surface area (Å²) in [5.41, 5.74) is 4.02. The van der Waals surface area contributed by atoms with E-state index in [-0.39, 0.29) is 5.91 Å². The molecule has 3 aromatic rings. The van der Waals surface area contributed by atoms with Crippen molar-refractivity contribution >= 4 is 17.5 Å². The van der Waals surface area contributed by atoms with E-state index in [4.69, 9.17) is 11.6 Å². The van der Waals surface area contributed by atoms with Gasteiger partial charge >= 0.3 is 0 Å². The van der Waals surface area contributed by atoms with Crippen LogP contribution in [-0.4, -0.2) is 21.3 Å². The van der Waals surface area contributed by atoms with Crippen molar-refractivity contribution in [3.05, 3.63) is 70.5 Å². The van der Waals surface area contributed by atoms with Gasteiger partial charge in [0.25, 0.3) is 5.91 Å². The molecule has 0 radical (unpaired) electrons. The zero-order valence-corrected chi connectivity index (χ0v) is 13.3. The van der Waals surface area contributed by atoms with Crippen LogP contribution < -0.4 is 5.32 Å². The zero-order chi connectivity index (χ0) is 16.2. The van der Waals surface area contributed by atoms with Gasteiger partial charge in [-0.1, -0.05) is 48.0 Å². The Kier molecular flexibility index (Phi) is 4.39. The summed E-state index contributed by atoms with van der Waals surface area (Å²) in [7, 11) is 0. The molecule has 0 bridgehead atoms. The number of nitrogens with one attached hydrogen (secondary N) is 2. The highest BCUT2D eigenvalue weighted by Crippen LogP contribution is 2.25. The zero-order valence-electron chi connectivity index (χ0n) is 12.5. The Morgan fingerprint density at radius 1 is 1.13 bits per heavy atom. The van der Waals surface area contributed by atoms with Crippen LogP contribution in [0.3, 0.4) is 0 Å². The van der Waals surface area contributed by atoms with Crippen molar-refractivity contribution in [3.8, 4) is 11.1 Å². The van der Waals surface area contributed by atoms with E-state index in [1.165, 1.54) is 0 Å². The third kappa shape index (κ3) is 3.40. The summed E-state index contributed by atoms with van der Waals surface area (Å²) < 4.78 is 0. The van der Waals surface area contributed by atoms with Gasteiger partial charge in [0.1, 0.15) is 0 Å². The van der Waals surface area contributed by atoms with E-state index < -0.39 is 0 Å². The SMILES string of the molecule is Cc1n[nH]nc1C(=O)NCc1ccccc1-c1ccc(Cl)cc1. The molecule has 0 saturated carbocycles. The fraction of sp³-hybridized carbons (Fsp3) is 0.118. The summed E-state index contributed by atoms with van der Waals surface area (Å²) in [4.78, 5) is 12.1. The molecule has 23 heavy (non-hydrogen) atoms. The normalized spacial score (nSPS) is 10.5. The number of hydrogen-bond acceptors (Lipinski definition) is 3. The molecule has 0 aliphatic rings. The Bertz CT molecular complexity index is 827. The Balaban J connectivity index is 1.80. The van der Waals surface area contributed by atoms with Gasteiger partial charge in [-0.2, -0.15) is 15.4 Å². The lowest BCUT2D eigenvalue weighted by Gasteiger charge is -2.10. The molecule has 1 aromatic heterocycles. The average Bonchev–Trinajstić information content (AvgIpc) is 3.00. The van der Waals surface area contributed by atoms with Gasteiger partial charge in [0.15, 0.2) is 5.69 Å². The van der Waals surface area contributed by atoms with Gasteiger partial charge in [0.2, 0.25) is 0 Å². The lowest BCUT2D eigenvalue weighted by Crippen LogP contribution is -2.24. The van der Waals surface area contributed by atoms with Crippen molar-refractivity contribution in [2.75, 3.05) is 0 Å². The maximum Gasteiger partial charge on any atom is 0.274 e. The topological polar surface area (TPSA) is 70.7 Å². The summed E-state index contributed by atoms with van der Waals surface area (Å²) in [6, 6.07) is 15.6. The quantitative estimate of drug-likeness (QED) is 0.772. The third-order valence-corrected chi connectivity index (χ3v) is 3.80. The molecule has 5 nitrogen and oxygen atoms in total. The summed E-state index contributed by atoms with van der Waals surface area (Å²) >= 11 is 5.94. The first-order chi connectivity index (χ1) is 11.1. The molecular weight excluding hydrogens is 312 g/mol. The molecule has 2 aromatic carbocycles. The van der Waals surface area contributed by atoms with Crippen molar-refractivity contribution in [2.24, 2.45) is 0 Å². The van der Waals surface area contributed by atoms with Gasteiger partial charge in [0.05, 0.1) is 5.69 Å². The monoisotopic (exact) mass is 326 g/mol. The van der Waals surface area contributed by atoms with E-state index >= 15 is 0 Å². The Hall–Kier alpha value is -2.66. The third-order valence-electron chi connectivity index (χ3n) is 3.55. The van der Waals surface area contributed by atoms with Crippen LogP contribution in [0.1, 0.15) is 21.7 Å². The molecule has 0 saturated heterocycles. The molecule has 0 atom stereocenters. The van der Waals surface area contributed by atoms with Gasteiger partial charge < -0.3 is 5.32 Å². The lowest BCUT2D eigenvalue weighted by atomic mass is 10.00. The minimum absolute atomic E-state index is 0.248. The van der Waals surface area contributed by atoms with Gasteiger partial charge in [0, 0.05) is 11.6 Å². The highest BCUT2D eigenvalue weighted by Gasteiger charge is 2.13. The smallest absolute Gasteiger partial charge is 0.274 e. The molecular formula is C17H15ClN4O. The summed E-state index contributed by atoms with van der Waals surface area (Å²) in [5, 5.41) is 13.7. The van der Waals surface area contributed by atoms with Crippen LogP contribution in [-0.2, 0) is 6.54 Å². The highest BCUT2D eigenvalue weighted by molar-refractivity contribution is 6.30. The summed E-state index contributed by atoms with van der Waals surface area (Å²) in [6.07, 6.45) is 0. The predicted molar refractivity (Wildman–Crippen MR) is 89.2 cm³/mol. The van der Waals surface area contributed by atoms with Crippen molar-refractivity contribution < 1.29 is 4.79 Å². The van der Waals surface area contributed by atoms with E-state index in [0.717, 1.165) is 16.7 Å². The number of aryl methyl sites for hydroxylation is 1. The van der Waals surface area contributed by atoms with Crippen molar-refractivity contribution in [2.45, 2.75) is 13.5 Å². The fourth-order valence-electron chi connectivity index (χ4n) is 2.34.